The SMILES string of the molecule is CC1=Nc2cnc(Nc3ccc(N4CCNCC4)cc3)nc2Nc2ccccc21. The minimum absolute atomic E-state index is 0.540. The highest BCUT2D eigenvalue weighted by molar-refractivity contribution is 6.07. The van der Waals surface area contributed by atoms with E-state index in [-0.39, 0.29) is 0 Å². The number of hydrogen-bond acceptors (Lipinski definition) is 7. The van der Waals surface area contributed by atoms with Gasteiger partial charge in [0.1, 0.15) is 5.69 Å². The maximum Gasteiger partial charge on any atom is 0.229 e. The molecule has 7 nitrogen and oxygen atoms in total. The number of anilines is 5. The summed E-state index contributed by atoms with van der Waals surface area (Å²) in [5.74, 6) is 1.24. The molecule has 1 saturated heterocycles. The molecule has 1 fully saturated rings. The number of rotatable bonds is 3. The second-order valence-electron chi connectivity index (χ2n) is 7.20. The van der Waals surface area contributed by atoms with E-state index in [0.717, 1.165) is 54.5 Å². The molecule has 7 heteroatoms. The summed E-state index contributed by atoms with van der Waals surface area (Å²) in [5, 5.41) is 10.1. The number of aromatic nitrogens is 2. The molecule has 0 atom stereocenters. The Morgan fingerprint density at radius 2 is 1.79 bits per heavy atom. The molecule has 5 rings (SSSR count). The van der Waals surface area contributed by atoms with E-state index in [9.17, 15) is 0 Å². The summed E-state index contributed by atoms with van der Waals surface area (Å²) >= 11 is 0. The number of fused-ring (bicyclic) bond motifs is 2. The van der Waals surface area contributed by atoms with Crippen molar-refractivity contribution in [3.63, 3.8) is 0 Å². The minimum atomic E-state index is 0.540. The molecule has 29 heavy (non-hydrogen) atoms. The predicted molar refractivity (Wildman–Crippen MR) is 118 cm³/mol. The molecule has 0 radical (unpaired) electrons. The number of hydrogen-bond donors (Lipinski definition) is 3. The van der Waals surface area contributed by atoms with Crippen LogP contribution in [0, 0.1) is 0 Å². The fraction of sp³-hybridized carbons (Fsp3) is 0.227. The first-order valence-electron chi connectivity index (χ1n) is 9.88. The van der Waals surface area contributed by atoms with Crippen LogP contribution in [-0.4, -0.2) is 41.9 Å². The van der Waals surface area contributed by atoms with Gasteiger partial charge in [0.15, 0.2) is 5.82 Å². The van der Waals surface area contributed by atoms with Crippen molar-refractivity contribution in [2.24, 2.45) is 4.99 Å². The van der Waals surface area contributed by atoms with Gasteiger partial charge in [-0.15, -0.1) is 0 Å². The van der Waals surface area contributed by atoms with Gasteiger partial charge in [-0.05, 0) is 37.3 Å². The van der Waals surface area contributed by atoms with Crippen molar-refractivity contribution in [3.05, 3.63) is 60.3 Å². The summed E-state index contributed by atoms with van der Waals surface area (Å²) in [6.07, 6.45) is 1.75. The highest BCUT2D eigenvalue weighted by atomic mass is 15.2. The van der Waals surface area contributed by atoms with Gasteiger partial charge < -0.3 is 20.9 Å². The third kappa shape index (κ3) is 3.64. The first-order valence-corrected chi connectivity index (χ1v) is 9.88. The summed E-state index contributed by atoms with van der Waals surface area (Å²) in [7, 11) is 0. The van der Waals surface area contributed by atoms with Crippen LogP contribution in [0.25, 0.3) is 0 Å². The van der Waals surface area contributed by atoms with Gasteiger partial charge in [0, 0.05) is 54.5 Å². The number of piperazine rings is 1. The maximum atomic E-state index is 4.68. The van der Waals surface area contributed by atoms with Gasteiger partial charge in [0.2, 0.25) is 5.95 Å². The van der Waals surface area contributed by atoms with E-state index in [0.29, 0.717) is 11.8 Å². The summed E-state index contributed by atoms with van der Waals surface area (Å²) in [5.41, 5.74) is 5.94. The summed E-state index contributed by atoms with van der Waals surface area (Å²) in [6.45, 7) is 6.13. The first-order chi connectivity index (χ1) is 14.3. The Bertz CT molecular complexity index is 1050. The molecule has 2 aliphatic rings. The molecular formula is C22H23N7. The van der Waals surface area contributed by atoms with E-state index in [1.54, 1.807) is 6.20 Å². The van der Waals surface area contributed by atoms with Gasteiger partial charge in [-0.2, -0.15) is 4.98 Å². The lowest BCUT2D eigenvalue weighted by molar-refractivity contribution is 0.589. The molecule has 0 saturated carbocycles. The Kier molecular flexibility index (Phi) is 4.57. The molecule has 2 aliphatic heterocycles. The van der Waals surface area contributed by atoms with Gasteiger partial charge in [0.25, 0.3) is 0 Å². The second-order valence-corrected chi connectivity index (χ2v) is 7.20. The number of nitrogens with zero attached hydrogens (tertiary/aromatic N) is 4. The highest BCUT2D eigenvalue weighted by Gasteiger charge is 2.16. The van der Waals surface area contributed by atoms with Crippen molar-refractivity contribution in [2.45, 2.75) is 6.92 Å². The van der Waals surface area contributed by atoms with E-state index in [1.165, 1.54) is 5.69 Å². The third-order valence-corrected chi connectivity index (χ3v) is 5.23. The van der Waals surface area contributed by atoms with Crippen LogP contribution < -0.4 is 20.9 Å². The Morgan fingerprint density at radius 3 is 2.62 bits per heavy atom. The number of aliphatic imine (C=N–C) groups is 1. The Hall–Kier alpha value is -3.45. The van der Waals surface area contributed by atoms with E-state index >= 15 is 0 Å². The van der Waals surface area contributed by atoms with Gasteiger partial charge in [0.05, 0.1) is 6.20 Å². The first kappa shape index (κ1) is 17.6. The standard InChI is InChI=1S/C22H23N7/c1-15-18-4-2-3-5-19(18)27-21-20(25-15)14-24-22(28-21)26-16-6-8-17(9-7-16)29-12-10-23-11-13-29/h2-9,14,23H,10-13H2,1H3,(H2,24,26,27,28). The van der Waals surface area contributed by atoms with Gasteiger partial charge in [-0.3, -0.25) is 0 Å². The average Bonchev–Trinajstić information content (AvgIpc) is 2.90. The van der Waals surface area contributed by atoms with Gasteiger partial charge in [-0.25, -0.2) is 9.98 Å². The minimum Gasteiger partial charge on any atom is -0.369 e. The molecule has 0 unspecified atom stereocenters. The van der Waals surface area contributed by atoms with Crippen LogP contribution in [0.1, 0.15) is 12.5 Å². The molecule has 146 valence electrons. The molecule has 1 aromatic heterocycles. The molecule has 0 spiro atoms. The second kappa shape index (κ2) is 7.52. The molecule has 3 N–H and O–H groups in total. The zero-order valence-corrected chi connectivity index (χ0v) is 16.3. The Balaban J connectivity index is 1.37. The van der Waals surface area contributed by atoms with Crippen molar-refractivity contribution >= 4 is 40.2 Å². The number of nitrogens with one attached hydrogen (secondary N) is 3. The number of benzene rings is 2. The van der Waals surface area contributed by atoms with Gasteiger partial charge >= 0.3 is 0 Å². The number of para-hydroxylation sites is 1. The van der Waals surface area contributed by atoms with Crippen LogP contribution in [0.5, 0.6) is 0 Å². The predicted octanol–water partition coefficient (Wildman–Crippen LogP) is 3.83. The largest absolute Gasteiger partial charge is 0.369 e. The van der Waals surface area contributed by atoms with Crippen LogP contribution in [0.15, 0.2) is 59.7 Å². The van der Waals surface area contributed by atoms with Crippen molar-refractivity contribution in [1.29, 1.82) is 0 Å². The molecule has 2 aromatic carbocycles. The third-order valence-electron chi connectivity index (χ3n) is 5.23. The molecular weight excluding hydrogens is 362 g/mol. The molecule has 0 aliphatic carbocycles. The van der Waals surface area contributed by atoms with E-state index in [1.807, 2.05) is 25.1 Å². The maximum absolute atomic E-state index is 4.68. The van der Waals surface area contributed by atoms with Crippen molar-refractivity contribution < 1.29 is 0 Å². The fourth-order valence-electron chi connectivity index (χ4n) is 3.69. The summed E-state index contributed by atoms with van der Waals surface area (Å²) in [4.78, 5) is 16.2. The average molecular weight is 385 g/mol. The molecule has 3 heterocycles. The highest BCUT2D eigenvalue weighted by Crippen LogP contribution is 2.33. The lowest BCUT2D eigenvalue weighted by Gasteiger charge is -2.29. The van der Waals surface area contributed by atoms with Crippen LogP contribution in [0.3, 0.4) is 0 Å². The van der Waals surface area contributed by atoms with Crippen molar-refractivity contribution in [3.8, 4) is 0 Å². The van der Waals surface area contributed by atoms with E-state index in [2.05, 4.69) is 66.1 Å². The summed E-state index contributed by atoms with van der Waals surface area (Å²) in [6, 6.07) is 16.5. The van der Waals surface area contributed by atoms with E-state index < -0.39 is 0 Å². The summed E-state index contributed by atoms with van der Waals surface area (Å²) < 4.78 is 0. The van der Waals surface area contributed by atoms with Crippen molar-refractivity contribution in [2.75, 3.05) is 41.7 Å². The quantitative estimate of drug-likeness (QED) is 0.636. The molecule has 0 bridgehead atoms. The van der Waals surface area contributed by atoms with E-state index in [4.69, 9.17) is 0 Å². The zero-order chi connectivity index (χ0) is 19.6. The van der Waals surface area contributed by atoms with Crippen LogP contribution >= 0.6 is 0 Å². The van der Waals surface area contributed by atoms with Crippen LogP contribution in [0.4, 0.5) is 34.5 Å². The van der Waals surface area contributed by atoms with Crippen LogP contribution in [0.2, 0.25) is 0 Å². The smallest absolute Gasteiger partial charge is 0.229 e. The monoisotopic (exact) mass is 385 g/mol. The normalized spacial score (nSPS) is 15.5. The Labute approximate surface area is 169 Å². The zero-order valence-electron chi connectivity index (χ0n) is 16.3. The molecule has 0 amide bonds. The van der Waals surface area contributed by atoms with Crippen LogP contribution in [-0.2, 0) is 0 Å². The lowest BCUT2D eigenvalue weighted by atomic mass is 10.1. The van der Waals surface area contributed by atoms with Gasteiger partial charge in [-0.1, -0.05) is 18.2 Å². The topological polar surface area (TPSA) is 77.5 Å². The fourth-order valence-corrected chi connectivity index (χ4v) is 3.69. The van der Waals surface area contributed by atoms with Crippen molar-refractivity contribution in [1.82, 2.24) is 15.3 Å². The Morgan fingerprint density at radius 1 is 1.00 bits per heavy atom. The molecule has 3 aromatic rings. The lowest BCUT2D eigenvalue weighted by Crippen LogP contribution is -2.43.